The van der Waals surface area contributed by atoms with Crippen molar-refractivity contribution in [3.63, 3.8) is 0 Å². The lowest BCUT2D eigenvalue weighted by Crippen LogP contribution is -2.52. The molecule has 0 bridgehead atoms. The first-order chi connectivity index (χ1) is 11.2. The minimum Gasteiger partial charge on any atom is -0.350 e. The van der Waals surface area contributed by atoms with Crippen molar-refractivity contribution in [3.05, 3.63) is 18.2 Å². The molecule has 0 atom stereocenters. The molecule has 0 spiro atoms. The molecule has 1 aliphatic rings. The molecule has 2 rings (SSSR count). The molecular weight excluding hydrogens is 302 g/mol. The lowest BCUT2D eigenvalue weighted by molar-refractivity contribution is -0.124. The van der Waals surface area contributed by atoms with E-state index in [9.17, 15) is 4.79 Å². The summed E-state index contributed by atoms with van der Waals surface area (Å²) in [6.45, 7) is 16.9. The Hall–Kier alpha value is -1.40. The van der Waals surface area contributed by atoms with Gasteiger partial charge in [-0.05, 0) is 20.8 Å². The van der Waals surface area contributed by atoms with Gasteiger partial charge in [0.2, 0.25) is 5.91 Å². The highest BCUT2D eigenvalue weighted by Crippen LogP contribution is 2.12. The van der Waals surface area contributed by atoms with Gasteiger partial charge in [-0.15, -0.1) is 0 Å². The van der Waals surface area contributed by atoms with Gasteiger partial charge in [0.05, 0.1) is 6.54 Å². The highest BCUT2D eigenvalue weighted by atomic mass is 16.2. The van der Waals surface area contributed by atoms with E-state index in [1.807, 2.05) is 27.0 Å². The molecule has 0 aliphatic carbocycles. The number of carbonyl (C=O) groups is 1. The third-order valence-electron chi connectivity index (χ3n) is 4.27. The van der Waals surface area contributed by atoms with Crippen LogP contribution in [0.15, 0.2) is 12.4 Å². The number of carbonyl (C=O) groups excluding carboxylic acids is 1. The van der Waals surface area contributed by atoms with E-state index in [1.54, 1.807) is 0 Å². The van der Waals surface area contributed by atoms with Crippen molar-refractivity contribution < 1.29 is 4.79 Å². The average Bonchev–Trinajstić information content (AvgIpc) is 2.93. The van der Waals surface area contributed by atoms with E-state index >= 15 is 0 Å². The normalized spacial score (nSPS) is 17.4. The largest absolute Gasteiger partial charge is 0.350 e. The number of imidazole rings is 1. The second kappa shape index (κ2) is 8.12. The van der Waals surface area contributed by atoms with Gasteiger partial charge in [-0.1, -0.05) is 13.8 Å². The first kappa shape index (κ1) is 18.9. The number of amides is 1. The molecule has 24 heavy (non-hydrogen) atoms. The van der Waals surface area contributed by atoms with Crippen LogP contribution >= 0.6 is 0 Å². The van der Waals surface area contributed by atoms with Gasteiger partial charge < -0.3 is 9.88 Å². The molecular formula is C18H33N5O. The third-order valence-corrected chi connectivity index (χ3v) is 4.27. The zero-order valence-corrected chi connectivity index (χ0v) is 15.9. The fourth-order valence-electron chi connectivity index (χ4n) is 3.09. The molecule has 1 N–H and O–H groups in total. The molecule has 1 saturated heterocycles. The van der Waals surface area contributed by atoms with Crippen molar-refractivity contribution in [1.82, 2.24) is 24.7 Å². The van der Waals surface area contributed by atoms with E-state index in [1.165, 1.54) is 0 Å². The Kier molecular flexibility index (Phi) is 6.40. The smallest absolute Gasteiger partial charge is 0.234 e. The van der Waals surface area contributed by atoms with Gasteiger partial charge in [0.15, 0.2) is 0 Å². The van der Waals surface area contributed by atoms with Crippen LogP contribution in [0.3, 0.4) is 0 Å². The van der Waals surface area contributed by atoms with Crippen LogP contribution in [0, 0.1) is 0 Å². The Labute approximate surface area is 146 Å². The third kappa shape index (κ3) is 5.91. The zero-order valence-electron chi connectivity index (χ0n) is 15.9. The second-order valence-electron chi connectivity index (χ2n) is 8.05. The van der Waals surface area contributed by atoms with Crippen LogP contribution in [0.2, 0.25) is 0 Å². The fraction of sp³-hybridized carbons (Fsp3) is 0.778. The van der Waals surface area contributed by atoms with Crippen LogP contribution in [0.5, 0.6) is 0 Å². The van der Waals surface area contributed by atoms with Crippen LogP contribution in [0.4, 0.5) is 0 Å². The Bertz CT molecular complexity index is 524. The number of nitrogens with zero attached hydrogens (tertiary/aromatic N) is 4. The van der Waals surface area contributed by atoms with E-state index < -0.39 is 0 Å². The minimum atomic E-state index is -0.155. The first-order valence-corrected chi connectivity index (χ1v) is 9.01. The van der Waals surface area contributed by atoms with Crippen LogP contribution in [0.25, 0.3) is 0 Å². The van der Waals surface area contributed by atoms with E-state index in [0.29, 0.717) is 12.5 Å². The van der Waals surface area contributed by atoms with Crippen LogP contribution in [-0.4, -0.2) is 70.1 Å². The minimum absolute atomic E-state index is 0.121. The second-order valence-corrected chi connectivity index (χ2v) is 8.05. The molecule has 6 heteroatoms. The predicted octanol–water partition coefficient (Wildman–Crippen LogP) is 1.54. The van der Waals surface area contributed by atoms with Gasteiger partial charge in [-0.2, -0.15) is 0 Å². The van der Waals surface area contributed by atoms with Crippen LogP contribution < -0.4 is 5.32 Å². The lowest BCUT2D eigenvalue weighted by Gasteiger charge is -2.35. The van der Waals surface area contributed by atoms with Gasteiger partial charge in [-0.3, -0.25) is 14.6 Å². The summed E-state index contributed by atoms with van der Waals surface area (Å²) in [5.41, 5.74) is -0.155. The molecule has 1 aliphatic heterocycles. The van der Waals surface area contributed by atoms with Crippen molar-refractivity contribution in [2.75, 3.05) is 39.3 Å². The van der Waals surface area contributed by atoms with E-state index in [0.717, 1.165) is 45.1 Å². The molecule has 1 aromatic heterocycles. The molecule has 136 valence electrons. The van der Waals surface area contributed by atoms with Gasteiger partial charge in [0, 0.05) is 63.1 Å². The van der Waals surface area contributed by atoms with Crippen molar-refractivity contribution >= 4 is 5.91 Å². The molecule has 0 aromatic carbocycles. The molecule has 1 fully saturated rings. The van der Waals surface area contributed by atoms with Crippen molar-refractivity contribution in [2.24, 2.45) is 0 Å². The summed E-state index contributed by atoms with van der Waals surface area (Å²) in [6, 6.07) is 0. The molecule has 6 nitrogen and oxygen atoms in total. The van der Waals surface area contributed by atoms with Crippen molar-refractivity contribution in [2.45, 2.75) is 52.6 Å². The summed E-state index contributed by atoms with van der Waals surface area (Å²) in [4.78, 5) is 21.2. The van der Waals surface area contributed by atoms with Crippen LogP contribution in [-0.2, 0) is 11.3 Å². The number of piperazine rings is 1. The number of rotatable bonds is 6. The lowest BCUT2D eigenvalue weighted by atomic mass is 10.1. The highest BCUT2D eigenvalue weighted by molar-refractivity contribution is 5.78. The molecule has 0 saturated carbocycles. The SMILES string of the molecule is CC(C)c1nccn1CCN1CCN(CC(=O)NC(C)(C)C)CC1. The number of nitrogens with one attached hydrogen (secondary N) is 1. The molecule has 0 unspecified atom stereocenters. The Morgan fingerprint density at radius 2 is 1.79 bits per heavy atom. The van der Waals surface area contributed by atoms with Crippen molar-refractivity contribution in [3.8, 4) is 0 Å². The maximum atomic E-state index is 12.0. The number of hydrogen-bond acceptors (Lipinski definition) is 4. The van der Waals surface area contributed by atoms with E-state index in [-0.39, 0.29) is 11.4 Å². The summed E-state index contributed by atoms with van der Waals surface area (Å²) in [6.07, 6.45) is 3.96. The fourth-order valence-corrected chi connectivity index (χ4v) is 3.09. The van der Waals surface area contributed by atoms with Gasteiger partial charge in [-0.25, -0.2) is 4.98 Å². The summed E-state index contributed by atoms with van der Waals surface area (Å²) in [7, 11) is 0. The summed E-state index contributed by atoms with van der Waals surface area (Å²) >= 11 is 0. The topological polar surface area (TPSA) is 53.4 Å². The molecule has 1 aromatic rings. The number of hydrogen-bond donors (Lipinski definition) is 1. The van der Waals surface area contributed by atoms with Crippen molar-refractivity contribution in [1.29, 1.82) is 0 Å². The quantitative estimate of drug-likeness (QED) is 0.857. The Balaban J connectivity index is 1.71. The monoisotopic (exact) mass is 335 g/mol. The van der Waals surface area contributed by atoms with E-state index in [2.05, 4.69) is 44.7 Å². The average molecular weight is 335 g/mol. The molecule has 0 radical (unpaired) electrons. The van der Waals surface area contributed by atoms with Gasteiger partial charge in [0.1, 0.15) is 5.82 Å². The van der Waals surface area contributed by atoms with Gasteiger partial charge in [0.25, 0.3) is 0 Å². The summed E-state index contributed by atoms with van der Waals surface area (Å²) < 4.78 is 2.26. The Morgan fingerprint density at radius 3 is 2.38 bits per heavy atom. The van der Waals surface area contributed by atoms with Crippen LogP contribution in [0.1, 0.15) is 46.4 Å². The Morgan fingerprint density at radius 1 is 1.17 bits per heavy atom. The maximum absolute atomic E-state index is 12.0. The highest BCUT2D eigenvalue weighted by Gasteiger charge is 2.21. The number of aromatic nitrogens is 2. The first-order valence-electron chi connectivity index (χ1n) is 9.01. The predicted molar refractivity (Wildman–Crippen MR) is 97.1 cm³/mol. The van der Waals surface area contributed by atoms with E-state index in [4.69, 9.17) is 0 Å². The molecule has 2 heterocycles. The maximum Gasteiger partial charge on any atom is 0.234 e. The van der Waals surface area contributed by atoms with Gasteiger partial charge >= 0.3 is 0 Å². The summed E-state index contributed by atoms with van der Waals surface area (Å²) in [5, 5.41) is 3.03. The summed E-state index contributed by atoms with van der Waals surface area (Å²) in [5.74, 6) is 1.74. The molecule has 1 amide bonds. The standard InChI is InChI=1S/C18H33N5O/c1-15(2)17-19-6-7-23(17)13-12-21-8-10-22(11-9-21)14-16(24)20-18(3,4)5/h6-7,15H,8-14H2,1-5H3,(H,20,24). The zero-order chi connectivity index (χ0) is 17.7.